The van der Waals surface area contributed by atoms with Crippen LogP contribution in [-0.2, 0) is 0 Å². The monoisotopic (exact) mass is 259 g/mol. The van der Waals surface area contributed by atoms with Gasteiger partial charge in [-0.25, -0.2) is 8.78 Å². The van der Waals surface area contributed by atoms with Crippen LogP contribution < -0.4 is 4.84 Å². The molecule has 0 spiro atoms. The lowest BCUT2D eigenvalue weighted by atomic mass is 10.2. The maximum atomic E-state index is 13.5. The van der Waals surface area contributed by atoms with Gasteiger partial charge in [0.25, 0.3) is 0 Å². The number of hydrogen-bond donors (Lipinski definition) is 0. The number of benzene rings is 1. The first kappa shape index (κ1) is 13.1. The molecule has 0 aliphatic heterocycles. The Morgan fingerprint density at radius 1 is 0.944 bits per heavy atom. The van der Waals surface area contributed by atoms with Crippen LogP contribution in [0.15, 0.2) is 15.6 Å². The lowest BCUT2D eigenvalue weighted by Gasteiger charge is -2.07. The summed E-state index contributed by atoms with van der Waals surface area (Å²) in [5.74, 6) is -6.85. The molecule has 92 valence electrons. The van der Waals surface area contributed by atoms with Crippen LogP contribution in [0.25, 0.3) is 20.9 Å². The first-order valence-electron chi connectivity index (χ1n) is 3.88. The highest BCUT2D eigenvalue weighted by atomic mass is 19.2. The molecule has 0 radical (unpaired) electrons. The molecule has 0 aliphatic rings. The molecule has 0 unspecified atom stereocenters. The van der Waals surface area contributed by atoms with Crippen molar-refractivity contribution in [3.05, 3.63) is 43.2 Å². The minimum Gasteiger partial charge on any atom is -0.320 e. The first-order chi connectivity index (χ1) is 8.58. The summed E-state index contributed by atoms with van der Waals surface area (Å²) in [5, 5.41) is 6.97. The first-order valence-corrected chi connectivity index (χ1v) is 3.88. The van der Waals surface area contributed by atoms with E-state index in [-0.39, 0.29) is 0 Å². The SMILES string of the molecule is [N-]=[N+]=Nc1c(F)c(F)c(ON=O)c(N=[N+]=[N-])c1F. The summed E-state index contributed by atoms with van der Waals surface area (Å²) in [4.78, 5) is 17.7. The lowest BCUT2D eigenvalue weighted by molar-refractivity contribution is 0.308. The average molecular weight is 259 g/mol. The Labute approximate surface area is 95.0 Å². The van der Waals surface area contributed by atoms with Crippen molar-refractivity contribution < 1.29 is 18.0 Å². The van der Waals surface area contributed by atoms with Crippen molar-refractivity contribution in [1.82, 2.24) is 0 Å². The quantitative estimate of drug-likeness (QED) is 0.201. The maximum absolute atomic E-state index is 13.5. The van der Waals surface area contributed by atoms with Gasteiger partial charge in [0.2, 0.25) is 11.6 Å². The molecule has 0 aliphatic carbocycles. The third-order valence-corrected chi connectivity index (χ3v) is 1.65. The molecule has 1 rings (SSSR count). The smallest absolute Gasteiger partial charge is 0.212 e. The molecule has 9 nitrogen and oxygen atoms in total. The molecule has 0 N–H and O–H groups in total. The molecule has 0 saturated carbocycles. The summed E-state index contributed by atoms with van der Waals surface area (Å²) in [6, 6.07) is 0. The third kappa shape index (κ3) is 2.09. The van der Waals surface area contributed by atoms with Crippen LogP contribution in [0.4, 0.5) is 24.5 Å². The molecule has 1 aromatic rings. The largest absolute Gasteiger partial charge is 0.320 e. The van der Waals surface area contributed by atoms with E-state index in [1.165, 1.54) is 0 Å². The van der Waals surface area contributed by atoms with Gasteiger partial charge < -0.3 is 4.84 Å². The molecule has 12 heteroatoms. The Morgan fingerprint density at radius 2 is 1.50 bits per heavy atom. The van der Waals surface area contributed by atoms with Crippen molar-refractivity contribution in [1.29, 1.82) is 0 Å². The highest BCUT2D eigenvalue weighted by Crippen LogP contribution is 2.41. The molecule has 0 saturated heterocycles. The van der Waals surface area contributed by atoms with Gasteiger partial charge in [-0.15, -0.1) is 4.91 Å². The molecule has 0 heterocycles. The highest BCUT2D eigenvalue weighted by molar-refractivity contribution is 5.62. The van der Waals surface area contributed by atoms with E-state index >= 15 is 0 Å². The van der Waals surface area contributed by atoms with Crippen molar-refractivity contribution in [2.75, 3.05) is 0 Å². The van der Waals surface area contributed by atoms with Gasteiger partial charge in [0.05, 0.1) is 0 Å². The van der Waals surface area contributed by atoms with Gasteiger partial charge in [0, 0.05) is 9.82 Å². The van der Waals surface area contributed by atoms with Crippen LogP contribution in [0, 0.1) is 22.4 Å². The molecule has 1 aromatic carbocycles. The van der Waals surface area contributed by atoms with E-state index in [1.54, 1.807) is 5.34 Å². The van der Waals surface area contributed by atoms with Crippen molar-refractivity contribution in [2.24, 2.45) is 15.6 Å². The van der Waals surface area contributed by atoms with E-state index in [0.717, 1.165) is 0 Å². The van der Waals surface area contributed by atoms with Crippen LogP contribution in [0.2, 0.25) is 0 Å². The zero-order valence-electron chi connectivity index (χ0n) is 8.08. The third-order valence-electron chi connectivity index (χ3n) is 1.65. The standard InChI is InChI=1S/C6F3N7O2/c7-1-2(8)6(18-16-17)5(13-15-11)3(9)4(1)12-14-10. The van der Waals surface area contributed by atoms with E-state index < -0.39 is 34.6 Å². The van der Waals surface area contributed by atoms with Gasteiger partial charge in [0.1, 0.15) is 17.2 Å². The van der Waals surface area contributed by atoms with Gasteiger partial charge in [-0.2, -0.15) is 4.39 Å². The molecular formula is C6F3N7O2. The predicted octanol–water partition coefficient (Wildman–Crippen LogP) is 4.05. The number of nitrogens with zero attached hydrogens (tertiary/aromatic N) is 7. The molecule has 0 bridgehead atoms. The van der Waals surface area contributed by atoms with E-state index in [9.17, 15) is 18.1 Å². The lowest BCUT2D eigenvalue weighted by Crippen LogP contribution is -1.95. The molecule has 0 fully saturated rings. The van der Waals surface area contributed by atoms with Gasteiger partial charge >= 0.3 is 0 Å². The second-order valence-corrected chi connectivity index (χ2v) is 2.51. The topological polar surface area (TPSA) is 136 Å². The van der Waals surface area contributed by atoms with Crippen molar-refractivity contribution in [2.45, 2.75) is 0 Å². The Balaban J connectivity index is 3.79. The summed E-state index contributed by atoms with van der Waals surface area (Å²) in [7, 11) is 0. The summed E-state index contributed by atoms with van der Waals surface area (Å²) in [5.41, 5.74) is 13.6. The Hall–Kier alpha value is -2.97. The number of hydrogen-bond acceptors (Lipinski definition) is 5. The molecule has 0 aromatic heterocycles. The van der Waals surface area contributed by atoms with Gasteiger partial charge in [-0.3, -0.25) is 0 Å². The van der Waals surface area contributed by atoms with E-state index in [4.69, 9.17) is 11.1 Å². The highest BCUT2D eigenvalue weighted by Gasteiger charge is 2.26. The molecule has 0 atom stereocenters. The van der Waals surface area contributed by atoms with Crippen LogP contribution in [0.1, 0.15) is 0 Å². The van der Waals surface area contributed by atoms with Crippen LogP contribution in [0.3, 0.4) is 0 Å². The second-order valence-electron chi connectivity index (χ2n) is 2.51. The van der Waals surface area contributed by atoms with Crippen LogP contribution in [0.5, 0.6) is 5.75 Å². The Bertz CT molecular complexity index is 606. The maximum Gasteiger partial charge on any atom is 0.212 e. The minimum absolute atomic E-state index is 1.20. The number of azide groups is 2. The number of halogens is 3. The molecular weight excluding hydrogens is 259 g/mol. The Morgan fingerprint density at radius 3 is 2.00 bits per heavy atom. The van der Waals surface area contributed by atoms with Crippen LogP contribution in [-0.4, -0.2) is 0 Å². The van der Waals surface area contributed by atoms with E-state index in [2.05, 4.69) is 24.9 Å². The average Bonchev–Trinajstić information content (AvgIpc) is 2.36. The fraction of sp³-hybridized carbons (Fsp3) is 0. The van der Waals surface area contributed by atoms with Crippen molar-refractivity contribution >= 4 is 11.4 Å². The van der Waals surface area contributed by atoms with Crippen molar-refractivity contribution in [3.63, 3.8) is 0 Å². The summed E-state index contributed by atoms with van der Waals surface area (Å²) < 4.78 is 40.0. The zero-order valence-corrected chi connectivity index (χ0v) is 8.08. The summed E-state index contributed by atoms with van der Waals surface area (Å²) in [6.45, 7) is 0. The predicted molar refractivity (Wildman–Crippen MR) is 50.4 cm³/mol. The second kappa shape index (κ2) is 5.39. The normalized spacial score (nSPS) is 9.06. The van der Waals surface area contributed by atoms with E-state index in [1.807, 2.05) is 0 Å². The summed E-state index contributed by atoms with van der Waals surface area (Å²) >= 11 is 0. The van der Waals surface area contributed by atoms with Gasteiger partial charge in [0.15, 0.2) is 11.2 Å². The minimum atomic E-state index is -1.92. The van der Waals surface area contributed by atoms with E-state index in [0.29, 0.717) is 0 Å². The molecule has 0 amide bonds. The summed E-state index contributed by atoms with van der Waals surface area (Å²) in [6.07, 6.45) is 0. The van der Waals surface area contributed by atoms with Crippen LogP contribution >= 0.6 is 0 Å². The fourth-order valence-electron chi connectivity index (χ4n) is 1.00. The molecule has 18 heavy (non-hydrogen) atoms. The van der Waals surface area contributed by atoms with Crippen molar-refractivity contribution in [3.8, 4) is 5.75 Å². The van der Waals surface area contributed by atoms with Gasteiger partial charge in [-0.05, 0) is 11.1 Å². The van der Waals surface area contributed by atoms with Gasteiger partial charge in [-0.1, -0.05) is 10.2 Å². The Kier molecular flexibility index (Phi) is 3.92. The zero-order chi connectivity index (χ0) is 13.7. The fourth-order valence-corrected chi connectivity index (χ4v) is 1.00. The number of rotatable bonds is 4.